The first-order valence-electron chi connectivity index (χ1n) is 7.31. The van der Waals surface area contributed by atoms with Crippen LogP contribution in [0.25, 0.3) is 0 Å². The summed E-state index contributed by atoms with van der Waals surface area (Å²) in [5.41, 5.74) is 1.98. The molecule has 3 N–H and O–H groups in total. The average Bonchev–Trinajstić information content (AvgIpc) is 2.46. The molecule has 0 spiro atoms. The molecule has 0 amide bonds. The van der Waals surface area contributed by atoms with E-state index in [1.54, 1.807) is 12.1 Å². The van der Waals surface area contributed by atoms with Crippen molar-refractivity contribution < 1.29 is 15.0 Å². The largest absolute Gasteiger partial charge is 0.478 e. The Morgan fingerprint density at radius 3 is 2.65 bits per heavy atom. The molecule has 20 heavy (non-hydrogen) atoms. The maximum absolute atomic E-state index is 11.3. The molecule has 2 atom stereocenters. The van der Waals surface area contributed by atoms with E-state index in [1.165, 1.54) is 12.8 Å². The number of aromatic carboxylic acids is 1. The van der Waals surface area contributed by atoms with Crippen molar-refractivity contribution in [1.82, 2.24) is 0 Å². The standard InChI is InChI=1S/C16H23NO3/c1-11-5-4-8-14(16(19)20)15(11)17-9-12-6-2-3-7-13(12)10-18/h4-5,8,12-13,17-18H,2-3,6-7,9-10H2,1H3,(H,19,20). The Kier molecular flexibility index (Phi) is 5.01. The number of hydrogen-bond donors (Lipinski definition) is 3. The zero-order valence-corrected chi connectivity index (χ0v) is 11.9. The number of carbonyl (C=O) groups is 1. The number of aliphatic hydroxyl groups excluding tert-OH is 1. The van der Waals surface area contributed by atoms with Crippen LogP contribution in [-0.4, -0.2) is 29.3 Å². The Morgan fingerprint density at radius 2 is 2.00 bits per heavy atom. The molecule has 4 nitrogen and oxygen atoms in total. The number of carboxylic acid groups (broad SMARTS) is 1. The topological polar surface area (TPSA) is 69.6 Å². The van der Waals surface area contributed by atoms with Gasteiger partial charge in [0.2, 0.25) is 0 Å². The van der Waals surface area contributed by atoms with E-state index < -0.39 is 5.97 Å². The number of aliphatic hydroxyl groups is 1. The molecule has 1 fully saturated rings. The molecule has 0 aliphatic heterocycles. The van der Waals surface area contributed by atoms with Gasteiger partial charge < -0.3 is 15.5 Å². The number of aryl methyl sites for hydroxylation is 1. The molecule has 4 heteroatoms. The summed E-state index contributed by atoms with van der Waals surface area (Å²) in [6.45, 7) is 2.88. The Balaban J connectivity index is 2.08. The van der Waals surface area contributed by atoms with Gasteiger partial charge in [0.15, 0.2) is 0 Å². The van der Waals surface area contributed by atoms with Gasteiger partial charge in [-0.2, -0.15) is 0 Å². The summed E-state index contributed by atoms with van der Waals surface area (Å²) >= 11 is 0. The highest BCUT2D eigenvalue weighted by Gasteiger charge is 2.24. The first-order chi connectivity index (χ1) is 9.63. The normalized spacial score (nSPS) is 22.5. The van der Waals surface area contributed by atoms with Gasteiger partial charge in [-0.05, 0) is 43.2 Å². The lowest BCUT2D eigenvalue weighted by atomic mass is 9.79. The summed E-state index contributed by atoms with van der Waals surface area (Å²) in [5, 5.41) is 22.0. The maximum atomic E-state index is 11.3. The van der Waals surface area contributed by atoms with Crippen molar-refractivity contribution in [2.45, 2.75) is 32.6 Å². The first kappa shape index (κ1) is 14.9. The zero-order chi connectivity index (χ0) is 14.5. The van der Waals surface area contributed by atoms with Crippen LogP contribution in [0, 0.1) is 18.8 Å². The molecule has 0 aromatic heterocycles. The molecule has 1 saturated carbocycles. The summed E-state index contributed by atoms with van der Waals surface area (Å²) in [5.74, 6) is -0.137. The first-order valence-corrected chi connectivity index (χ1v) is 7.31. The third kappa shape index (κ3) is 3.31. The van der Waals surface area contributed by atoms with Crippen LogP contribution in [-0.2, 0) is 0 Å². The van der Waals surface area contributed by atoms with Crippen LogP contribution >= 0.6 is 0 Å². The molecular weight excluding hydrogens is 254 g/mol. The smallest absolute Gasteiger partial charge is 0.337 e. The molecule has 2 rings (SSSR count). The molecular formula is C16H23NO3. The number of nitrogens with one attached hydrogen (secondary N) is 1. The Hall–Kier alpha value is -1.55. The van der Waals surface area contributed by atoms with Gasteiger partial charge in [0.25, 0.3) is 0 Å². The third-order valence-corrected chi connectivity index (χ3v) is 4.35. The van der Waals surface area contributed by atoms with Crippen LogP contribution in [0.15, 0.2) is 18.2 Å². The second kappa shape index (κ2) is 6.75. The highest BCUT2D eigenvalue weighted by atomic mass is 16.4. The van der Waals surface area contributed by atoms with Crippen LogP contribution in [0.3, 0.4) is 0 Å². The van der Waals surface area contributed by atoms with Crippen molar-refractivity contribution in [3.8, 4) is 0 Å². The monoisotopic (exact) mass is 277 g/mol. The fraction of sp³-hybridized carbons (Fsp3) is 0.562. The van der Waals surface area contributed by atoms with Gasteiger partial charge in [0, 0.05) is 13.2 Å². The molecule has 110 valence electrons. The number of rotatable bonds is 5. The SMILES string of the molecule is Cc1cccc(C(=O)O)c1NCC1CCCCC1CO. The molecule has 0 heterocycles. The minimum Gasteiger partial charge on any atom is -0.478 e. The summed E-state index contributed by atoms with van der Waals surface area (Å²) in [7, 11) is 0. The van der Waals surface area contributed by atoms with E-state index in [9.17, 15) is 15.0 Å². The predicted octanol–water partition coefficient (Wildman–Crippen LogP) is 2.90. The molecule has 0 saturated heterocycles. The van der Waals surface area contributed by atoms with E-state index in [2.05, 4.69) is 5.32 Å². The van der Waals surface area contributed by atoms with Gasteiger partial charge in [-0.3, -0.25) is 0 Å². The second-order valence-corrected chi connectivity index (χ2v) is 5.67. The third-order valence-electron chi connectivity index (χ3n) is 4.35. The number of hydrogen-bond acceptors (Lipinski definition) is 3. The number of benzene rings is 1. The van der Waals surface area contributed by atoms with E-state index in [0.29, 0.717) is 23.1 Å². The van der Waals surface area contributed by atoms with Crippen LogP contribution in [0.2, 0.25) is 0 Å². The van der Waals surface area contributed by atoms with Crippen molar-refractivity contribution in [2.75, 3.05) is 18.5 Å². The molecule has 1 aliphatic rings. The summed E-state index contributed by atoms with van der Waals surface area (Å²) in [6, 6.07) is 5.31. The average molecular weight is 277 g/mol. The molecule has 1 aromatic carbocycles. The Morgan fingerprint density at radius 1 is 1.30 bits per heavy atom. The summed E-state index contributed by atoms with van der Waals surface area (Å²) < 4.78 is 0. The van der Waals surface area contributed by atoms with Gasteiger partial charge >= 0.3 is 5.97 Å². The lowest BCUT2D eigenvalue weighted by Crippen LogP contribution is -2.29. The highest BCUT2D eigenvalue weighted by molar-refractivity contribution is 5.95. The second-order valence-electron chi connectivity index (χ2n) is 5.67. The fourth-order valence-corrected chi connectivity index (χ4v) is 3.11. The van der Waals surface area contributed by atoms with E-state index in [1.807, 2.05) is 13.0 Å². The van der Waals surface area contributed by atoms with Crippen molar-refractivity contribution in [2.24, 2.45) is 11.8 Å². The van der Waals surface area contributed by atoms with Crippen LogP contribution < -0.4 is 5.32 Å². The molecule has 0 bridgehead atoms. The fourth-order valence-electron chi connectivity index (χ4n) is 3.11. The molecule has 2 unspecified atom stereocenters. The Bertz CT molecular complexity index is 473. The molecule has 1 aliphatic carbocycles. The Labute approximate surface area is 119 Å². The maximum Gasteiger partial charge on any atom is 0.337 e. The number of anilines is 1. The quantitative estimate of drug-likeness (QED) is 0.774. The van der Waals surface area contributed by atoms with E-state index in [4.69, 9.17) is 0 Å². The summed E-state index contributed by atoms with van der Waals surface area (Å²) in [6.07, 6.45) is 4.56. The number of carboxylic acids is 1. The lowest BCUT2D eigenvalue weighted by molar-refractivity contribution is 0.0697. The zero-order valence-electron chi connectivity index (χ0n) is 11.9. The van der Waals surface area contributed by atoms with E-state index in [-0.39, 0.29) is 6.61 Å². The number of para-hydroxylation sites is 1. The predicted molar refractivity (Wildman–Crippen MR) is 79.2 cm³/mol. The van der Waals surface area contributed by atoms with Crippen molar-refractivity contribution >= 4 is 11.7 Å². The lowest BCUT2D eigenvalue weighted by Gasteiger charge is -2.31. The van der Waals surface area contributed by atoms with Crippen LogP contribution in [0.1, 0.15) is 41.6 Å². The van der Waals surface area contributed by atoms with Crippen molar-refractivity contribution in [3.05, 3.63) is 29.3 Å². The van der Waals surface area contributed by atoms with Gasteiger partial charge in [-0.1, -0.05) is 25.0 Å². The van der Waals surface area contributed by atoms with Gasteiger partial charge in [-0.25, -0.2) is 4.79 Å². The van der Waals surface area contributed by atoms with Crippen molar-refractivity contribution in [1.29, 1.82) is 0 Å². The van der Waals surface area contributed by atoms with Crippen molar-refractivity contribution in [3.63, 3.8) is 0 Å². The van der Waals surface area contributed by atoms with E-state index >= 15 is 0 Å². The minimum atomic E-state index is -0.904. The van der Waals surface area contributed by atoms with Crippen LogP contribution in [0.5, 0.6) is 0 Å². The molecule has 0 radical (unpaired) electrons. The van der Waals surface area contributed by atoms with E-state index in [0.717, 1.165) is 24.9 Å². The van der Waals surface area contributed by atoms with Crippen LogP contribution in [0.4, 0.5) is 5.69 Å². The molecule has 1 aromatic rings. The van der Waals surface area contributed by atoms with Gasteiger partial charge in [-0.15, -0.1) is 0 Å². The van der Waals surface area contributed by atoms with Gasteiger partial charge in [0.05, 0.1) is 11.3 Å². The highest BCUT2D eigenvalue weighted by Crippen LogP contribution is 2.30. The minimum absolute atomic E-state index is 0.228. The van der Waals surface area contributed by atoms with Gasteiger partial charge in [0.1, 0.15) is 0 Å². The summed E-state index contributed by atoms with van der Waals surface area (Å²) in [4.78, 5) is 11.3.